The first-order valence-corrected chi connectivity index (χ1v) is 17.9. The summed E-state index contributed by atoms with van der Waals surface area (Å²) in [4.78, 5) is 0. The summed E-state index contributed by atoms with van der Waals surface area (Å²) in [5.74, 6) is 0. The van der Waals surface area contributed by atoms with Gasteiger partial charge in [-0.3, -0.25) is 0 Å². The number of hydrogen-bond donors (Lipinski definition) is 0. The van der Waals surface area contributed by atoms with E-state index in [1.54, 1.807) is 0 Å². The van der Waals surface area contributed by atoms with Crippen LogP contribution in [0.2, 0.25) is 0 Å². The quantitative estimate of drug-likeness (QED) is 0.167. The van der Waals surface area contributed by atoms with Gasteiger partial charge < -0.3 is 0 Å². The molecule has 0 spiro atoms. The lowest BCUT2D eigenvalue weighted by Gasteiger charge is -2.23. The van der Waals surface area contributed by atoms with Gasteiger partial charge in [0, 0.05) is 5.41 Å². The average Bonchev–Trinajstić information content (AvgIpc) is 3.44. The molecule has 1 aliphatic carbocycles. The molecule has 0 N–H and O–H groups in total. The van der Waals surface area contributed by atoms with E-state index in [0.29, 0.717) is 0 Å². The van der Waals surface area contributed by atoms with Crippen LogP contribution in [0, 0.1) is 0 Å². The first kappa shape index (κ1) is 29.7. The van der Waals surface area contributed by atoms with Gasteiger partial charge in [-0.1, -0.05) is 196 Å². The molecule has 1 aliphatic rings. The van der Waals surface area contributed by atoms with E-state index in [2.05, 4.69) is 196 Å². The highest BCUT2D eigenvalue weighted by Crippen LogP contribution is 2.54. The molecule has 10 rings (SSSR count). The Kier molecular flexibility index (Phi) is 6.63. The van der Waals surface area contributed by atoms with Crippen LogP contribution in [-0.2, 0) is 5.41 Å². The van der Waals surface area contributed by atoms with Crippen LogP contribution in [-0.4, -0.2) is 0 Å². The van der Waals surface area contributed by atoms with Crippen molar-refractivity contribution in [3.8, 4) is 55.6 Å². The third-order valence-corrected chi connectivity index (χ3v) is 11.3. The summed E-state index contributed by atoms with van der Waals surface area (Å²) >= 11 is 0. The fourth-order valence-corrected chi connectivity index (χ4v) is 8.92. The summed E-state index contributed by atoms with van der Waals surface area (Å²) in [6.07, 6.45) is 0. The Bertz CT molecular complexity index is 2730. The molecule has 0 amide bonds. The third kappa shape index (κ3) is 4.53. The van der Waals surface area contributed by atoms with Crippen molar-refractivity contribution in [1.29, 1.82) is 0 Å². The summed E-state index contributed by atoms with van der Waals surface area (Å²) in [6, 6.07) is 67.2. The zero-order chi connectivity index (χ0) is 34.1. The van der Waals surface area contributed by atoms with E-state index in [9.17, 15) is 0 Å². The van der Waals surface area contributed by atoms with Gasteiger partial charge in [-0.25, -0.2) is 0 Å². The molecule has 0 heteroatoms. The first-order chi connectivity index (χ1) is 25.1. The average molecular weight is 649 g/mol. The van der Waals surface area contributed by atoms with E-state index in [1.807, 2.05) is 0 Å². The van der Waals surface area contributed by atoms with Crippen molar-refractivity contribution in [1.82, 2.24) is 0 Å². The molecule has 0 nitrogen and oxygen atoms in total. The van der Waals surface area contributed by atoms with E-state index in [1.165, 1.54) is 99.1 Å². The predicted molar refractivity (Wildman–Crippen MR) is 218 cm³/mol. The molecule has 0 atom stereocenters. The minimum Gasteiger partial charge on any atom is -0.0622 e. The zero-order valence-corrected chi connectivity index (χ0v) is 28.8. The molecule has 51 heavy (non-hydrogen) atoms. The maximum absolute atomic E-state index is 2.38. The summed E-state index contributed by atoms with van der Waals surface area (Å²) < 4.78 is 0. The van der Waals surface area contributed by atoms with Crippen LogP contribution in [0.5, 0.6) is 0 Å². The van der Waals surface area contributed by atoms with Gasteiger partial charge in [0.15, 0.2) is 0 Å². The lowest BCUT2D eigenvalue weighted by atomic mass is 9.80. The van der Waals surface area contributed by atoms with Crippen molar-refractivity contribution in [2.75, 3.05) is 0 Å². The molecular weight excluding hydrogens is 613 g/mol. The minimum absolute atomic E-state index is 0.0804. The number of fused-ring (bicyclic) bond motifs is 7. The van der Waals surface area contributed by atoms with Crippen LogP contribution >= 0.6 is 0 Å². The Labute approximate surface area is 299 Å². The van der Waals surface area contributed by atoms with Gasteiger partial charge in [0.1, 0.15) is 0 Å². The Morgan fingerprint density at radius 1 is 0.294 bits per heavy atom. The summed E-state index contributed by atoms with van der Waals surface area (Å²) in [6.45, 7) is 4.77. The molecule has 0 aromatic heterocycles. The van der Waals surface area contributed by atoms with Crippen LogP contribution in [0.4, 0.5) is 0 Å². The van der Waals surface area contributed by atoms with Gasteiger partial charge in [0.2, 0.25) is 0 Å². The minimum atomic E-state index is -0.0804. The largest absolute Gasteiger partial charge is 0.0622 e. The molecule has 0 saturated heterocycles. The van der Waals surface area contributed by atoms with E-state index in [0.717, 1.165) is 0 Å². The molecule has 0 heterocycles. The Morgan fingerprint density at radius 2 is 0.765 bits per heavy atom. The van der Waals surface area contributed by atoms with Crippen LogP contribution in [0.25, 0.3) is 88.0 Å². The maximum atomic E-state index is 2.38. The molecule has 0 unspecified atom stereocenters. The highest BCUT2D eigenvalue weighted by molar-refractivity contribution is 6.21. The second kappa shape index (κ2) is 11.4. The van der Waals surface area contributed by atoms with Crippen molar-refractivity contribution < 1.29 is 0 Å². The highest BCUT2D eigenvalue weighted by Gasteiger charge is 2.38. The molecule has 0 saturated carbocycles. The van der Waals surface area contributed by atoms with Crippen molar-refractivity contribution in [2.45, 2.75) is 19.3 Å². The van der Waals surface area contributed by atoms with Crippen molar-refractivity contribution in [3.63, 3.8) is 0 Å². The van der Waals surface area contributed by atoms with Gasteiger partial charge >= 0.3 is 0 Å². The van der Waals surface area contributed by atoms with Crippen molar-refractivity contribution in [2.24, 2.45) is 0 Å². The van der Waals surface area contributed by atoms with Gasteiger partial charge in [-0.2, -0.15) is 0 Å². The number of benzene rings is 9. The monoisotopic (exact) mass is 648 g/mol. The molecule has 0 radical (unpaired) electrons. The standard InChI is InChI=1S/C51H36/c1-51(2)46-22-12-21-39(49(46)45-32-31-35-15-6-7-16-40(35)50(45)51)36-25-29-38(30-26-36)48-43-19-10-8-17-41(43)47(42-18-9-11-20-44(42)48)37-27-23-34(24-28-37)33-13-4-3-5-14-33/h3-32H,1-2H3. The topological polar surface area (TPSA) is 0 Å². The van der Waals surface area contributed by atoms with E-state index in [4.69, 9.17) is 0 Å². The van der Waals surface area contributed by atoms with Gasteiger partial charge in [-0.05, 0) is 99.1 Å². The lowest BCUT2D eigenvalue weighted by Crippen LogP contribution is -2.15. The predicted octanol–water partition coefficient (Wildman–Crippen LogP) is 14.1. The molecule has 9 aromatic rings. The smallest absolute Gasteiger partial charge is 0.0165 e. The summed E-state index contributed by atoms with van der Waals surface area (Å²) in [7, 11) is 0. The Hall–Kier alpha value is -6.24. The highest BCUT2D eigenvalue weighted by atomic mass is 14.4. The summed E-state index contributed by atoms with van der Waals surface area (Å²) in [5.41, 5.74) is 15.5. The van der Waals surface area contributed by atoms with Crippen LogP contribution in [0.3, 0.4) is 0 Å². The van der Waals surface area contributed by atoms with Crippen molar-refractivity contribution in [3.05, 3.63) is 193 Å². The maximum Gasteiger partial charge on any atom is 0.0165 e. The molecule has 240 valence electrons. The van der Waals surface area contributed by atoms with Crippen LogP contribution in [0.15, 0.2) is 182 Å². The van der Waals surface area contributed by atoms with Crippen molar-refractivity contribution >= 4 is 32.3 Å². The number of hydrogen-bond acceptors (Lipinski definition) is 0. The van der Waals surface area contributed by atoms with E-state index >= 15 is 0 Å². The van der Waals surface area contributed by atoms with E-state index < -0.39 is 0 Å². The molecular formula is C51H36. The zero-order valence-electron chi connectivity index (χ0n) is 28.8. The number of rotatable bonds is 4. The Morgan fingerprint density at radius 3 is 1.35 bits per heavy atom. The SMILES string of the molecule is CC1(C)c2cccc(-c3ccc(-c4c5ccccc5c(-c5ccc(-c6ccccc6)cc5)c5ccccc45)cc3)c2-c2ccc3ccccc3c21. The fraction of sp³-hybridized carbons (Fsp3) is 0.0588. The Balaban J connectivity index is 1.12. The van der Waals surface area contributed by atoms with Gasteiger partial charge in [0.05, 0.1) is 0 Å². The second-order valence-corrected chi connectivity index (χ2v) is 14.4. The third-order valence-electron chi connectivity index (χ3n) is 11.3. The van der Waals surface area contributed by atoms with Crippen LogP contribution < -0.4 is 0 Å². The molecule has 0 fully saturated rings. The van der Waals surface area contributed by atoms with Gasteiger partial charge in [0.25, 0.3) is 0 Å². The normalized spacial score (nSPS) is 13.1. The summed E-state index contributed by atoms with van der Waals surface area (Å²) in [5, 5.41) is 7.75. The van der Waals surface area contributed by atoms with E-state index in [-0.39, 0.29) is 5.41 Å². The first-order valence-electron chi connectivity index (χ1n) is 17.9. The fourth-order valence-electron chi connectivity index (χ4n) is 8.92. The molecule has 0 aliphatic heterocycles. The molecule has 0 bridgehead atoms. The van der Waals surface area contributed by atoms with Crippen LogP contribution in [0.1, 0.15) is 25.0 Å². The molecule has 9 aromatic carbocycles. The van der Waals surface area contributed by atoms with Gasteiger partial charge in [-0.15, -0.1) is 0 Å². The second-order valence-electron chi connectivity index (χ2n) is 14.4. The lowest BCUT2D eigenvalue weighted by molar-refractivity contribution is 0.666.